The number of allylic oxidation sites excluding steroid dienone is 1. The minimum absolute atomic E-state index is 0.765. The van der Waals surface area contributed by atoms with Gasteiger partial charge in [-0.25, -0.2) is 0 Å². The van der Waals surface area contributed by atoms with E-state index >= 15 is 0 Å². The Labute approximate surface area is 155 Å². The van der Waals surface area contributed by atoms with Crippen LogP contribution in [-0.2, 0) is 0 Å². The Kier molecular flexibility index (Phi) is 12.8. The molecule has 1 unspecified atom stereocenters. The molecule has 2 heteroatoms. The molecule has 0 spiro atoms. The third-order valence-electron chi connectivity index (χ3n) is 4.66. The molecule has 0 aliphatic carbocycles. The van der Waals surface area contributed by atoms with E-state index in [2.05, 4.69) is 26.8 Å². The predicted octanol–water partition coefficient (Wildman–Crippen LogP) is 7.53. The summed E-state index contributed by atoms with van der Waals surface area (Å²) in [4.78, 5) is 0. The molecule has 0 aromatic heterocycles. The van der Waals surface area contributed by atoms with Crippen LogP contribution in [0.3, 0.4) is 0 Å². The van der Waals surface area contributed by atoms with Crippen LogP contribution >= 0.6 is 0 Å². The first-order valence-corrected chi connectivity index (χ1v) is 10.3. The molecule has 0 saturated carbocycles. The molecule has 142 valence electrons. The lowest BCUT2D eigenvalue weighted by Crippen LogP contribution is -2.00. The lowest BCUT2D eigenvalue weighted by molar-refractivity contribution is 0.289. The normalized spacial score (nSPS) is 12.4. The Balaban J connectivity index is 2.23. The van der Waals surface area contributed by atoms with E-state index in [-0.39, 0.29) is 0 Å². The van der Waals surface area contributed by atoms with Gasteiger partial charge in [-0.05, 0) is 43.4 Å². The summed E-state index contributed by atoms with van der Waals surface area (Å²) in [6.45, 7) is 7.61. The molecule has 0 aliphatic rings. The Morgan fingerprint density at radius 3 is 2.44 bits per heavy atom. The molecule has 1 rings (SSSR count). The molecule has 1 atom stereocenters. The number of rotatable bonds is 15. The van der Waals surface area contributed by atoms with E-state index in [1.165, 1.54) is 51.4 Å². The average Bonchev–Trinajstić information content (AvgIpc) is 2.64. The number of para-hydroxylation sites is 2. The lowest BCUT2D eigenvalue weighted by atomic mass is 10.0. The van der Waals surface area contributed by atoms with Gasteiger partial charge < -0.3 is 9.47 Å². The first-order valence-electron chi connectivity index (χ1n) is 10.3. The van der Waals surface area contributed by atoms with Crippen LogP contribution in [-0.4, -0.2) is 6.61 Å². The van der Waals surface area contributed by atoms with Crippen molar-refractivity contribution in [3.63, 3.8) is 0 Å². The zero-order valence-corrected chi connectivity index (χ0v) is 16.6. The first kappa shape index (κ1) is 21.6. The van der Waals surface area contributed by atoms with Gasteiger partial charge in [0.1, 0.15) is 0 Å². The monoisotopic (exact) mass is 346 g/mol. The largest absolute Gasteiger partial charge is 0.490 e. The van der Waals surface area contributed by atoms with Gasteiger partial charge in [0.15, 0.2) is 11.5 Å². The second kappa shape index (κ2) is 14.9. The number of hydrogen-bond donors (Lipinski definition) is 0. The molecule has 0 saturated heterocycles. The molecule has 25 heavy (non-hydrogen) atoms. The fourth-order valence-electron chi connectivity index (χ4n) is 2.70. The Bertz CT molecular complexity index is 453. The fraction of sp³-hybridized carbons (Fsp3) is 0.652. The number of ether oxygens (including phenoxy) is 2. The van der Waals surface area contributed by atoms with Crippen LogP contribution < -0.4 is 9.47 Å². The van der Waals surface area contributed by atoms with Crippen molar-refractivity contribution >= 4 is 0 Å². The van der Waals surface area contributed by atoms with Crippen molar-refractivity contribution in [1.29, 1.82) is 0 Å². The zero-order chi connectivity index (χ0) is 18.2. The number of hydrogen-bond acceptors (Lipinski definition) is 2. The SMILES string of the molecule is CCCCCCC=COc1ccccc1OCCCCCC(C)CC. The van der Waals surface area contributed by atoms with Crippen molar-refractivity contribution in [3.8, 4) is 11.5 Å². The summed E-state index contributed by atoms with van der Waals surface area (Å²) >= 11 is 0. The summed E-state index contributed by atoms with van der Waals surface area (Å²) in [6, 6.07) is 7.95. The van der Waals surface area contributed by atoms with Crippen molar-refractivity contribution in [3.05, 3.63) is 36.6 Å². The fourth-order valence-corrected chi connectivity index (χ4v) is 2.70. The van der Waals surface area contributed by atoms with Crippen molar-refractivity contribution in [1.82, 2.24) is 0 Å². The predicted molar refractivity (Wildman–Crippen MR) is 108 cm³/mol. The molecule has 2 nitrogen and oxygen atoms in total. The van der Waals surface area contributed by atoms with E-state index in [1.807, 2.05) is 24.3 Å². The van der Waals surface area contributed by atoms with Gasteiger partial charge in [0.25, 0.3) is 0 Å². The van der Waals surface area contributed by atoms with Crippen molar-refractivity contribution in [2.45, 2.75) is 85.0 Å². The molecule has 0 N–H and O–H groups in total. The molecular formula is C23H38O2. The lowest BCUT2D eigenvalue weighted by Gasteiger charge is -2.11. The summed E-state index contributed by atoms with van der Waals surface area (Å²) < 4.78 is 11.7. The molecule has 0 radical (unpaired) electrons. The van der Waals surface area contributed by atoms with Crippen LogP contribution in [0.5, 0.6) is 11.5 Å². The van der Waals surface area contributed by atoms with Crippen molar-refractivity contribution in [2.75, 3.05) is 6.61 Å². The van der Waals surface area contributed by atoms with Crippen molar-refractivity contribution < 1.29 is 9.47 Å². The molecular weight excluding hydrogens is 308 g/mol. The second-order valence-corrected chi connectivity index (χ2v) is 7.00. The van der Waals surface area contributed by atoms with Crippen LogP contribution in [0.2, 0.25) is 0 Å². The highest BCUT2D eigenvalue weighted by Crippen LogP contribution is 2.27. The summed E-state index contributed by atoms with van der Waals surface area (Å²) in [5.74, 6) is 2.51. The van der Waals surface area contributed by atoms with Crippen LogP contribution in [0.1, 0.15) is 85.0 Å². The highest BCUT2D eigenvalue weighted by Gasteiger charge is 2.03. The maximum absolute atomic E-state index is 5.92. The van der Waals surface area contributed by atoms with Crippen LogP contribution in [0.25, 0.3) is 0 Å². The highest BCUT2D eigenvalue weighted by atomic mass is 16.5. The first-order chi connectivity index (χ1) is 12.3. The third kappa shape index (κ3) is 10.9. The molecule has 0 bridgehead atoms. The van der Waals surface area contributed by atoms with Gasteiger partial charge in [0, 0.05) is 0 Å². The van der Waals surface area contributed by atoms with E-state index in [9.17, 15) is 0 Å². The Hall–Kier alpha value is -1.44. The van der Waals surface area contributed by atoms with Gasteiger partial charge in [-0.3, -0.25) is 0 Å². The summed E-state index contributed by atoms with van der Waals surface area (Å²) in [7, 11) is 0. The van der Waals surface area contributed by atoms with Crippen molar-refractivity contribution in [2.24, 2.45) is 5.92 Å². The van der Waals surface area contributed by atoms with E-state index in [0.717, 1.165) is 36.9 Å². The Morgan fingerprint density at radius 2 is 1.68 bits per heavy atom. The van der Waals surface area contributed by atoms with E-state index in [0.29, 0.717) is 0 Å². The number of benzene rings is 1. The number of unbranched alkanes of at least 4 members (excludes halogenated alkanes) is 6. The topological polar surface area (TPSA) is 18.5 Å². The van der Waals surface area contributed by atoms with Gasteiger partial charge in [0.2, 0.25) is 0 Å². The van der Waals surface area contributed by atoms with Gasteiger partial charge in [-0.2, -0.15) is 0 Å². The summed E-state index contributed by atoms with van der Waals surface area (Å²) in [6.07, 6.45) is 16.4. The van der Waals surface area contributed by atoms with Gasteiger partial charge in [-0.1, -0.05) is 77.8 Å². The summed E-state index contributed by atoms with van der Waals surface area (Å²) in [5, 5.41) is 0. The average molecular weight is 347 g/mol. The zero-order valence-electron chi connectivity index (χ0n) is 16.6. The van der Waals surface area contributed by atoms with E-state index < -0.39 is 0 Å². The second-order valence-electron chi connectivity index (χ2n) is 7.00. The molecule has 0 heterocycles. The molecule has 0 amide bonds. The van der Waals surface area contributed by atoms with Crippen LogP contribution in [0, 0.1) is 5.92 Å². The van der Waals surface area contributed by atoms with Gasteiger partial charge in [0.05, 0.1) is 12.9 Å². The quantitative estimate of drug-likeness (QED) is 0.241. The maximum atomic E-state index is 5.92. The smallest absolute Gasteiger partial charge is 0.168 e. The minimum Gasteiger partial charge on any atom is -0.490 e. The molecule has 0 aliphatic heterocycles. The third-order valence-corrected chi connectivity index (χ3v) is 4.66. The molecule has 1 aromatic rings. The minimum atomic E-state index is 0.765. The maximum Gasteiger partial charge on any atom is 0.168 e. The van der Waals surface area contributed by atoms with E-state index in [4.69, 9.17) is 9.47 Å². The summed E-state index contributed by atoms with van der Waals surface area (Å²) in [5.41, 5.74) is 0. The van der Waals surface area contributed by atoms with Gasteiger partial charge >= 0.3 is 0 Å². The van der Waals surface area contributed by atoms with Gasteiger partial charge in [-0.15, -0.1) is 0 Å². The standard InChI is InChI=1S/C23H38O2/c1-4-6-7-8-9-14-19-24-22-17-12-13-18-23(22)25-20-15-10-11-16-21(3)5-2/h12-14,17-19,21H,4-11,15-16,20H2,1-3H3. The van der Waals surface area contributed by atoms with Crippen LogP contribution in [0.15, 0.2) is 36.6 Å². The molecule has 1 aromatic carbocycles. The highest BCUT2D eigenvalue weighted by molar-refractivity contribution is 5.39. The molecule has 0 fully saturated rings. The van der Waals surface area contributed by atoms with Crippen LogP contribution in [0.4, 0.5) is 0 Å². The van der Waals surface area contributed by atoms with E-state index in [1.54, 1.807) is 6.26 Å². The Morgan fingerprint density at radius 1 is 0.920 bits per heavy atom.